The summed E-state index contributed by atoms with van der Waals surface area (Å²) < 4.78 is 1.89. The van der Waals surface area contributed by atoms with Gasteiger partial charge in [-0.25, -0.2) is 4.98 Å². The van der Waals surface area contributed by atoms with Crippen LogP contribution in [0.1, 0.15) is 31.3 Å². The molecule has 0 aliphatic rings. The fourth-order valence-corrected chi connectivity index (χ4v) is 3.23. The number of hydrogen-bond donors (Lipinski definition) is 0. The Hall–Kier alpha value is -2.33. The average Bonchev–Trinajstić information content (AvgIpc) is 2.77. The van der Waals surface area contributed by atoms with Crippen molar-refractivity contribution in [2.75, 3.05) is 0 Å². The van der Waals surface area contributed by atoms with Gasteiger partial charge in [0.15, 0.2) is 0 Å². The van der Waals surface area contributed by atoms with E-state index in [-0.39, 0.29) is 18.0 Å². The number of nitriles is 1. The molecule has 7 heteroatoms. The molecule has 0 unspecified atom stereocenters. The summed E-state index contributed by atoms with van der Waals surface area (Å²) in [5.74, 6) is 0.916. The van der Waals surface area contributed by atoms with Crippen LogP contribution in [-0.4, -0.2) is 14.5 Å². The molecule has 6 nitrogen and oxygen atoms in total. The van der Waals surface area contributed by atoms with E-state index in [0.717, 1.165) is 15.6 Å². The first-order valence-electron chi connectivity index (χ1n) is 6.78. The van der Waals surface area contributed by atoms with Crippen LogP contribution in [-0.2, 0) is 13.5 Å². The van der Waals surface area contributed by atoms with Gasteiger partial charge in [0.1, 0.15) is 10.9 Å². The van der Waals surface area contributed by atoms with Crippen molar-refractivity contribution in [1.82, 2.24) is 9.55 Å². The lowest BCUT2D eigenvalue weighted by molar-refractivity contribution is -0.385. The number of nitro groups is 1. The number of nitrogens with zero attached hydrogens (tertiary/aromatic N) is 4. The quantitative estimate of drug-likeness (QED) is 0.620. The van der Waals surface area contributed by atoms with Gasteiger partial charge in [0.2, 0.25) is 0 Å². The van der Waals surface area contributed by atoms with Gasteiger partial charge in [0, 0.05) is 24.1 Å². The summed E-state index contributed by atoms with van der Waals surface area (Å²) in [5.41, 5.74) is 0.972. The fraction of sp³-hybridized carbons (Fsp3) is 0.333. The highest BCUT2D eigenvalue weighted by molar-refractivity contribution is 7.99. The van der Waals surface area contributed by atoms with Crippen molar-refractivity contribution in [1.29, 1.82) is 5.26 Å². The van der Waals surface area contributed by atoms with Crippen LogP contribution in [0.25, 0.3) is 0 Å². The summed E-state index contributed by atoms with van der Waals surface area (Å²) in [7, 11) is 1.87. The molecule has 0 N–H and O–H groups in total. The Morgan fingerprint density at radius 2 is 2.23 bits per heavy atom. The minimum atomic E-state index is -0.405. The van der Waals surface area contributed by atoms with Crippen molar-refractivity contribution < 1.29 is 4.92 Å². The maximum atomic E-state index is 10.9. The van der Waals surface area contributed by atoms with Gasteiger partial charge in [-0.05, 0) is 12.0 Å². The molecule has 0 fully saturated rings. The maximum Gasteiger partial charge on any atom is 0.270 e. The Morgan fingerprint density at radius 3 is 2.82 bits per heavy atom. The van der Waals surface area contributed by atoms with E-state index in [9.17, 15) is 10.1 Å². The Balaban J connectivity index is 2.42. The smallest absolute Gasteiger partial charge is 0.270 e. The van der Waals surface area contributed by atoms with Crippen LogP contribution in [0.2, 0.25) is 0 Å². The van der Waals surface area contributed by atoms with Gasteiger partial charge < -0.3 is 4.57 Å². The van der Waals surface area contributed by atoms with E-state index in [2.05, 4.69) is 11.1 Å². The fourth-order valence-electron chi connectivity index (χ4n) is 2.05. The minimum Gasteiger partial charge on any atom is -0.325 e. The highest BCUT2D eigenvalue weighted by Gasteiger charge is 2.19. The zero-order valence-electron chi connectivity index (χ0n) is 12.6. The zero-order chi connectivity index (χ0) is 16.3. The van der Waals surface area contributed by atoms with E-state index in [1.54, 1.807) is 12.1 Å². The van der Waals surface area contributed by atoms with Crippen LogP contribution in [0.5, 0.6) is 0 Å². The highest BCUT2D eigenvalue weighted by atomic mass is 32.2. The highest BCUT2D eigenvalue weighted by Crippen LogP contribution is 2.35. The molecule has 0 aliphatic carbocycles. The van der Waals surface area contributed by atoms with Crippen LogP contribution in [0, 0.1) is 21.4 Å². The Morgan fingerprint density at radius 1 is 1.50 bits per heavy atom. The van der Waals surface area contributed by atoms with Gasteiger partial charge in [-0.3, -0.25) is 10.1 Å². The van der Waals surface area contributed by atoms with Crippen molar-refractivity contribution in [3.63, 3.8) is 0 Å². The van der Waals surface area contributed by atoms with Crippen molar-refractivity contribution in [3.05, 3.63) is 45.9 Å². The number of rotatable bonds is 5. The third-order valence-electron chi connectivity index (χ3n) is 3.19. The largest absolute Gasteiger partial charge is 0.325 e. The van der Waals surface area contributed by atoms with Crippen LogP contribution in [0.4, 0.5) is 5.69 Å². The summed E-state index contributed by atoms with van der Waals surface area (Å²) in [6.07, 6.45) is 0.242. The third kappa shape index (κ3) is 3.28. The second-order valence-corrected chi connectivity index (χ2v) is 6.19. The first-order chi connectivity index (χ1) is 10.4. The summed E-state index contributed by atoms with van der Waals surface area (Å²) in [6, 6.07) is 8.63. The number of non-ortho nitro benzene ring substituents is 1. The molecule has 1 heterocycles. The molecular weight excluding hydrogens is 300 g/mol. The molecule has 0 radical (unpaired) electrons. The van der Waals surface area contributed by atoms with E-state index < -0.39 is 4.92 Å². The van der Waals surface area contributed by atoms with Gasteiger partial charge in [-0.15, -0.1) is 0 Å². The van der Waals surface area contributed by atoms with E-state index in [4.69, 9.17) is 5.26 Å². The molecule has 2 aromatic rings. The monoisotopic (exact) mass is 316 g/mol. The third-order valence-corrected chi connectivity index (χ3v) is 4.35. The van der Waals surface area contributed by atoms with Gasteiger partial charge >= 0.3 is 0 Å². The number of nitro benzene ring substituents is 1. The summed E-state index contributed by atoms with van der Waals surface area (Å²) in [5, 5.41) is 20.7. The van der Waals surface area contributed by atoms with E-state index in [0.29, 0.717) is 5.82 Å². The predicted molar refractivity (Wildman–Crippen MR) is 83.8 cm³/mol. The minimum absolute atomic E-state index is 0.0653. The normalized spacial score (nSPS) is 10.7. The van der Waals surface area contributed by atoms with Crippen molar-refractivity contribution in [3.8, 4) is 6.07 Å². The molecule has 0 amide bonds. The molecule has 22 heavy (non-hydrogen) atoms. The SMILES string of the molecule is CC(C)c1nc(CC#N)n(C)c1Sc1cccc([N+](=O)[O-])c1. The lowest BCUT2D eigenvalue weighted by Crippen LogP contribution is -1.98. The van der Waals surface area contributed by atoms with Gasteiger partial charge in [-0.1, -0.05) is 31.7 Å². The molecule has 0 saturated carbocycles. The molecule has 2 rings (SSSR count). The molecule has 0 atom stereocenters. The lowest BCUT2D eigenvalue weighted by atomic mass is 10.1. The van der Waals surface area contributed by atoms with Crippen LogP contribution in [0.3, 0.4) is 0 Å². The maximum absolute atomic E-state index is 10.9. The lowest BCUT2D eigenvalue weighted by Gasteiger charge is -2.08. The van der Waals surface area contributed by atoms with Crippen LogP contribution < -0.4 is 0 Å². The summed E-state index contributed by atoms with van der Waals surface area (Å²) in [6.45, 7) is 4.08. The number of aromatic nitrogens is 2. The predicted octanol–water partition coefficient (Wildman–Crippen LogP) is 3.67. The van der Waals surface area contributed by atoms with Gasteiger partial charge in [0.25, 0.3) is 5.69 Å². The number of benzene rings is 1. The summed E-state index contributed by atoms with van der Waals surface area (Å²) >= 11 is 1.43. The number of imidazole rings is 1. The first-order valence-corrected chi connectivity index (χ1v) is 7.60. The molecule has 0 spiro atoms. The molecule has 1 aromatic heterocycles. The molecule has 0 bridgehead atoms. The topological polar surface area (TPSA) is 84.8 Å². The average molecular weight is 316 g/mol. The second kappa shape index (κ2) is 6.62. The van der Waals surface area contributed by atoms with Crippen LogP contribution >= 0.6 is 11.8 Å². The van der Waals surface area contributed by atoms with Crippen molar-refractivity contribution >= 4 is 17.4 Å². The van der Waals surface area contributed by atoms with Crippen LogP contribution in [0.15, 0.2) is 34.2 Å². The number of hydrogen-bond acceptors (Lipinski definition) is 5. The standard InChI is InChI=1S/C15H16N4O2S/c1-10(2)14-15(18(3)13(17-14)7-8-16)22-12-6-4-5-11(9-12)19(20)21/h4-6,9-10H,7H2,1-3H3. The molecule has 0 saturated heterocycles. The molecular formula is C15H16N4O2S. The Kier molecular flexibility index (Phi) is 4.83. The van der Waals surface area contributed by atoms with E-state index in [1.165, 1.54) is 17.8 Å². The second-order valence-electron chi connectivity index (χ2n) is 5.12. The Labute approximate surface area is 132 Å². The zero-order valence-corrected chi connectivity index (χ0v) is 13.4. The first kappa shape index (κ1) is 16.0. The van der Waals surface area contributed by atoms with Crippen molar-refractivity contribution in [2.45, 2.75) is 36.1 Å². The van der Waals surface area contributed by atoms with E-state index >= 15 is 0 Å². The van der Waals surface area contributed by atoms with Gasteiger partial charge in [-0.2, -0.15) is 5.26 Å². The van der Waals surface area contributed by atoms with Crippen molar-refractivity contribution in [2.24, 2.45) is 7.05 Å². The molecule has 0 aliphatic heterocycles. The van der Waals surface area contributed by atoms with E-state index in [1.807, 2.05) is 31.5 Å². The van der Waals surface area contributed by atoms with Gasteiger partial charge in [0.05, 0.1) is 23.1 Å². The summed E-state index contributed by atoms with van der Waals surface area (Å²) in [4.78, 5) is 15.8. The Bertz CT molecular complexity index is 746. The molecule has 114 valence electrons. The molecule has 1 aromatic carbocycles.